The van der Waals surface area contributed by atoms with Crippen LogP contribution >= 0.6 is 0 Å². The fourth-order valence-corrected chi connectivity index (χ4v) is 2.91. The lowest BCUT2D eigenvalue weighted by Crippen LogP contribution is -2.19. The first-order chi connectivity index (χ1) is 12.3. The number of aryl methyl sites for hydroxylation is 4. The van der Waals surface area contributed by atoms with E-state index in [1.807, 2.05) is 41.8 Å². The van der Waals surface area contributed by atoms with Crippen molar-refractivity contribution < 1.29 is 4.79 Å². The molecule has 0 unspecified atom stereocenters. The Morgan fingerprint density at radius 3 is 2.31 bits per heavy atom. The van der Waals surface area contributed by atoms with Gasteiger partial charge >= 0.3 is 0 Å². The Labute approximate surface area is 156 Å². The molecule has 1 heterocycles. The van der Waals surface area contributed by atoms with Crippen LogP contribution in [-0.4, -0.2) is 48.0 Å². The number of carbonyl (C=O) groups is 1. The van der Waals surface area contributed by atoms with Crippen molar-refractivity contribution in [1.29, 1.82) is 0 Å². The zero-order valence-corrected chi connectivity index (χ0v) is 16.6. The fourth-order valence-electron chi connectivity index (χ4n) is 2.91. The lowest BCUT2D eigenvalue weighted by Gasteiger charge is -2.14. The van der Waals surface area contributed by atoms with Crippen LogP contribution in [0.2, 0.25) is 0 Å². The summed E-state index contributed by atoms with van der Waals surface area (Å²) in [5, 5.41) is 6.20. The molecule has 0 radical (unpaired) electrons. The van der Waals surface area contributed by atoms with Crippen LogP contribution in [0.4, 0.5) is 11.6 Å². The van der Waals surface area contributed by atoms with E-state index in [0.29, 0.717) is 11.6 Å². The average molecular weight is 355 g/mol. The maximum absolute atomic E-state index is 12.7. The molecule has 0 aliphatic heterocycles. The third-order valence-electron chi connectivity index (χ3n) is 4.07. The molecule has 0 saturated heterocycles. The molecular formula is C20H29N5O. The van der Waals surface area contributed by atoms with Crippen LogP contribution in [0.15, 0.2) is 18.2 Å². The fraction of sp³-hybridized carbons (Fsp3) is 0.450. The van der Waals surface area contributed by atoms with Crippen molar-refractivity contribution in [2.24, 2.45) is 0 Å². The molecule has 6 heteroatoms. The zero-order chi connectivity index (χ0) is 19.3. The summed E-state index contributed by atoms with van der Waals surface area (Å²) in [6, 6.07) is 5.83. The second-order valence-electron chi connectivity index (χ2n) is 7.03. The summed E-state index contributed by atoms with van der Waals surface area (Å²) in [4.78, 5) is 23.6. The van der Waals surface area contributed by atoms with E-state index in [1.165, 1.54) is 5.56 Å². The average Bonchev–Trinajstić information content (AvgIpc) is 2.54. The number of hydrogen-bond donors (Lipinski definition) is 2. The molecule has 1 amide bonds. The highest BCUT2D eigenvalue weighted by Gasteiger charge is 2.13. The number of hydrogen-bond acceptors (Lipinski definition) is 5. The highest BCUT2D eigenvalue weighted by molar-refractivity contribution is 6.04. The molecule has 1 aromatic heterocycles. The molecule has 0 atom stereocenters. The van der Waals surface area contributed by atoms with Gasteiger partial charge < -0.3 is 15.5 Å². The van der Waals surface area contributed by atoms with Gasteiger partial charge in [-0.15, -0.1) is 0 Å². The first-order valence-corrected chi connectivity index (χ1v) is 8.89. The molecule has 26 heavy (non-hydrogen) atoms. The molecular weight excluding hydrogens is 326 g/mol. The summed E-state index contributed by atoms with van der Waals surface area (Å²) < 4.78 is 0. The highest BCUT2D eigenvalue weighted by Crippen LogP contribution is 2.22. The highest BCUT2D eigenvalue weighted by atomic mass is 16.1. The first kappa shape index (κ1) is 19.8. The number of carbonyl (C=O) groups excluding carboxylic acids is 1. The van der Waals surface area contributed by atoms with Crippen molar-refractivity contribution in [3.63, 3.8) is 0 Å². The minimum Gasteiger partial charge on any atom is -0.354 e. The summed E-state index contributed by atoms with van der Waals surface area (Å²) in [5.41, 5.74) is 5.24. The normalized spacial score (nSPS) is 10.9. The minimum absolute atomic E-state index is 0.220. The predicted molar refractivity (Wildman–Crippen MR) is 107 cm³/mol. The quantitative estimate of drug-likeness (QED) is 0.746. The van der Waals surface area contributed by atoms with Gasteiger partial charge in [-0.2, -0.15) is 0 Å². The van der Waals surface area contributed by atoms with E-state index in [9.17, 15) is 4.79 Å². The number of benzene rings is 1. The Kier molecular flexibility index (Phi) is 6.69. The number of nitrogens with zero attached hydrogens (tertiary/aromatic N) is 3. The van der Waals surface area contributed by atoms with Crippen molar-refractivity contribution in [2.45, 2.75) is 34.1 Å². The molecule has 0 spiro atoms. The molecule has 0 bridgehead atoms. The second-order valence-corrected chi connectivity index (χ2v) is 7.03. The van der Waals surface area contributed by atoms with Crippen molar-refractivity contribution in [3.05, 3.63) is 46.3 Å². The maximum atomic E-state index is 12.7. The topological polar surface area (TPSA) is 70.2 Å². The van der Waals surface area contributed by atoms with Gasteiger partial charge in [0, 0.05) is 17.9 Å². The molecule has 6 nitrogen and oxygen atoms in total. The van der Waals surface area contributed by atoms with Gasteiger partial charge in [0.15, 0.2) is 0 Å². The van der Waals surface area contributed by atoms with Crippen LogP contribution in [0, 0.1) is 27.7 Å². The van der Waals surface area contributed by atoms with Crippen molar-refractivity contribution in [2.75, 3.05) is 37.8 Å². The molecule has 1 aromatic carbocycles. The lowest BCUT2D eigenvalue weighted by atomic mass is 10.0. The third-order valence-corrected chi connectivity index (χ3v) is 4.07. The number of aromatic nitrogens is 2. The largest absolute Gasteiger partial charge is 0.354 e. The van der Waals surface area contributed by atoms with Gasteiger partial charge in [0.05, 0.1) is 0 Å². The van der Waals surface area contributed by atoms with Crippen LogP contribution in [0.5, 0.6) is 0 Å². The molecule has 2 N–H and O–H groups in total. The summed E-state index contributed by atoms with van der Waals surface area (Å²) >= 11 is 0. The third kappa shape index (κ3) is 5.52. The first-order valence-electron chi connectivity index (χ1n) is 8.89. The number of nitrogens with one attached hydrogen (secondary N) is 2. The number of rotatable bonds is 7. The van der Waals surface area contributed by atoms with E-state index in [0.717, 1.165) is 42.0 Å². The van der Waals surface area contributed by atoms with Crippen molar-refractivity contribution >= 4 is 17.5 Å². The van der Waals surface area contributed by atoms with Crippen LogP contribution < -0.4 is 10.6 Å². The van der Waals surface area contributed by atoms with Gasteiger partial charge in [-0.3, -0.25) is 4.79 Å². The summed E-state index contributed by atoms with van der Waals surface area (Å²) in [6.07, 6.45) is 0.980. The molecule has 140 valence electrons. The second kappa shape index (κ2) is 8.76. The Balaban J connectivity index is 2.11. The molecule has 2 rings (SSSR count). The van der Waals surface area contributed by atoms with Gasteiger partial charge in [-0.25, -0.2) is 9.97 Å². The Hall–Kier alpha value is -2.47. The maximum Gasteiger partial charge on any atom is 0.274 e. The van der Waals surface area contributed by atoms with Gasteiger partial charge in [0.1, 0.15) is 5.69 Å². The van der Waals surface area contributed by atoms with Crippen LogP contribution in [0.1, 0.15) is 39.3 Å². The van der Waals surface area contributed by atoms with E-state index in [1.54, 1.807) is 6.07 Å². The van der Waals surface area contributed by atoms with Gasteiger partial charge in [0.25, 0.3) is 5.91 Å². The summed E-state index contributed by atoms with van der Waals surface area (Å²) in [7, 11) is 4.08. The van der Waals surface area contributed by atoms with E-state index in [4.69, 9.17) is 0 Å². The lowest BCUT2D eigenvalue weighted by molar-refractivity contribution is 0.102. The Morgan fingerprint density at radius 2 is 1.69 bits per heavy atom. The van der Waals surface area contributed by atoms with E-state index >= 15 is 0 Å². The smallest absolute Gasteiger partial charge is 0.274 e. The molecule has 2 aromatic rings. The van der Waals surface area contributed by atoms with E-state index in [2.05, 4.69) is 37.6 Å². The van der Waals surface area contributed by atoms with Crippen molar-refractivity contribution in [1.82, 2.24) is 14.9 Å². The van der Waals surface area contributed by atoms with Gasteiger partial charge in [-0.1, -0.05) is 17.7 Å². The van der Waals surface area contributed by atoms with Crippen LogP contribution in [0.3, 0.4) is 0 Å². The van der Waals surface area contributed by atoms with Crippen molar-refractivity contribution in [3.8, 4) is 0 Å². The number of anilines is 2. The molecule has 0 saturated carbocycles. The SMILES string of the molecule is Cc1cc(C)c(NC(=O)c2cc(C)nc(NCCCN(C)C)n2)c(C)c1. The number of amides is 1. The Bertz CT molecular complexity index is 763. The monoisotopic (exact) mass is 355 g/mol. The summed E-state index contributed by atoms with van der Waals surface area (Å²) in [6.45, 7) is 9.66. The zero-order valence-electron chi connectivity index (χ0n) is 16.6. The van der Waals surface area contributed by atoms with E-state index in [-0.39, 0.29) is 5.91 Å². The molecule has 0 aliphatic rings. The Morgan fingerprint density at radius 1 is 1.04 bits per heavy atom. The van der Waals surface area contributed by atoms with Gasteiger partial charge in [0.2, 0.25) is 5.95 Å². The molecule has 0 aliphatic carbocycles. The predicted octanol–water partition coefficient (Wildman–Crippen LogP) is 3.33. The standard InChI is InChI=1S/C20H29N5O/c1-13-10-14(2)18(15(3)11-13)24-19(26)17-12-16(4)22-20(23-17)21-8-7-9-25(5)6/h10-12H,7-9H2,1-6H3,(H,24,26)(H,21,22,23). The minimum atomic E-state index is -0.220. The summed E-state index contributed by atoms with van der Waals surface area (Å²) in [5.74, 6) is 0.271. The molecule has 0 fully saturated rings. The van der Waals surface area contributed by atoms with Gasteiger partial charge in [-0.05, 0) is 71.9 Å². The van der Waals surface area contributed by atoms with Crippen LogP contribution in [-0.2, 0) is 0 Å². The van der Waals surface area contributed by atoms with E-state index < -0.39 is 0 Å². The van der Waals surface area contributed by atoms with Crippen LogP contribution in [0.25, 0.3) is 0 Å².